The van der Waals surface area contributed by atoms with Crippen molar-refractivity contribution in [3.05, 3.63) is 29.6 Å². The van der Waals surface area contributed by atoms with Crippen LogP contribution < -0.4 is 10.6 Å². The molecule has 1 heterocycles. The third kappa shape index (κ3) is 3.45. The highest BCUT2D eigenvalue weighted by molar-refractivity contribution is 5.55. The maximum Gasteiger partial charge on any atom is 0.123 e. The van der Waals surface area contributed by atoms with Crippen molar-refractivity contribution in [2.24, 2.45) is 5.73 Å². The van der Waals surface area contributed by atoms with Gasteiger partial charge in [-0.25, -0.2) is 4.39 Å². The van der Waals surface area contributed by atoms with E-state index in [0.29, 0.717) is 0 Å². The second kappa shape index (κ2) is 6.35. The predicted molar refractivity (Wildman–Crippen MR) is 75.9 cm³/mol. The molecule has 1 fully saturated rings. The van der Waals surface area contributed by atoms with Crippen molar-refractivity contribution in [3.63, 3.8) is 0 Å². The van der Waals surface area contributed by atoms with Crippen LogP contribution in [0.1, 0.15) is 38.3 Å². The number of nitrogens with zero attached hydrogens (tertiary/aromatic N) is 1. The third-order valence-electron chi connectivity index (χ3n) is 3.65. The fraction of sp³-hybridized carbons (Fsp3) is 0.600. The highest BCUT2D eigenvalue weighted by atomic mass is 19.1. The summed E-state index contributed by atoms with van der Waals surface area (Å²) in [5.41, 5.74) is 7.84. The number of likely N-dealkylation sites (N-methyl/N-ethyl adjacent to an activating group) is 1. The van der Waals surface area contributed by atoms with Crippen molar-refractivity contribution in [2.45, 2.75) is 38.8 Å². The van der Waals surface area contributed by atoms with Gasteiger partial charge < -0.3 is 15.4 Å². The van der Waals surface area contributed by atoms with Crippen molar-refractivity contribution in [2.75, 3.05) is 24.6 Å². The van der Waals surface area contributed by atoms with E-state index in [1.54, 1.807) is 0 Å². The van der Waals surface area contributed by atoms with Crippen LogP contribution in [-0.2, 0) is 4.74 Å². The lowest BCUT2D eigenvalue weighted by molar-refractivity contribution is 0.115. The molecule has 19 heavy (non-hydrogen) atoms. The largest absolute Gasteiger partial charge is 0.376 e. The number of ether oxygens (including phenoxy) is 1. The number of rotatable bonds is 5. The number of benzene rings is 1. The van der Waals surface area contributed by atoms with E-state index in [0.717, 1.165) is 43.8 Å². The molecule has 1 aliphatic rings. The normalized spacial score (nSPS) is 20.5. The van der Waals surface area contributed by atoms with E-state index >= 15 is 0 Å². The molecular formula is C15H23FN2O. The van der Waals surface area contributed by atoms with Crippen molar-refractivity contribution >= 4 is 5.69 Å². The summed E-state index contributed by atoms with van der Waals surface area (Å²) in [7, 11) is 0. The van der Waals surface area contributed by atoms with Gasteiger partial charge in [0, 0.05) is 31.4 Å². The quantitative estimate of drug-likeness (QED) is 0.890. The molecule has 0 aromatic heterocycles. The van der Waals surface area contributed by atoms with Crippen LogP contribution >= 0.6 is 0 Å². The second-order valence-electron chi connectivity index (χ2n) is 5.17. The molecule has 1 saturated heterocycles. The first-order chi connectivity index (χ1) is 9.11. The molecule has 0 saturated carbocycles. The molecule has 2 rings (SSSR count). The molecule has 1 aromatic carbocycles. The molecule has 2 N–H and O–H groups in total. The Morgan fingerprint density at radius 1 is 1.53 bits per heavy atom. The van der Waals surface area contributed by atoms with Crippen molar-refractivity contribution in [3.8, 4) is 0 Å². The Morgan fingerprint density at radius 3 is 2.89 bits per heavy atom. The maximum absolute atomic E-state index is 13.4. The van der Waals surface area contributed by atoms with E-state index in [2.05, 4.69) is 11.8 Å². The van der Waals surface area contributed by atoms with Crippen LogP contribution in [0.3, 0.4) is 0 Å². The minimum Gasteiger partial charge on any atom is -0.376 e. The molecule has 1 unspecified atom stereocenters. The van der Waals surface area contributed by atoms with Crippen molar-refractivity contribution in [1.82, 2.24) is 0 Å². The van der Waals surface area contributed by atoms with Gasteiger partial charge in [-0.1, -0.05) is 0 Å². The Morgan fingerprint density at radius 2 is 2.32 bits per heavy atom. The monoisotopic (exact) mass is 266 g/mol. The summed E-state index contributed by atoms with van der Waals surface area (Å²) in [5.74, 6) is -0.232. The van der Waals surface area contributed by atoms with E-state index in [9.17, 15) is 4.39 Å². The molecule has 1 aromatic rings. The Balaban J connectivity index is 2.21. The van der Waals surface area contributed by atoms with Gasteiger partial charge in [0.05, 0.1) is 6.10 Å². The van der Waals surface area contributed by atoms with E-state index in [4.69, 9.17) is 10.5 Å². The molecule has 0 spiro atoms. The third-order valence-corrected chi connectivity index (χ3v) is 3.65. The highest BCUT2D eigenvalue weighted by Crippen LogP contribution is 2.27. The lowest BCUT2D eigenvalue weighted by Gasteiger charge is -2.29. The van der Waals surface area contributed by atoms with Crippen LogP contribution in [0, 0.1) is 5.82 Å². The average Bonchev–Trinajstić information content (AvgIpc) is 2.89. The zero-order valence-electron chi connectivity index (χ0n) is 11.7. The zero-order chi connectivity index (χ0) is 13.8. The fourth-order valence-electron chi connectivity index (χ4n) is 2.61. The molecule has 0 bridgehead atoms. The Bertz CT molecular complexity index is 417. The molecule has 106 valence electrons. The maximum atomic E-state index is 13.4. The molecule has 1 aliphatic heterocycles. The summed E-state index contributed by atoms with van der Waals surface area (Å²) in [6, 6.07) is 4.69. The highest BCUT2D eigenvalue weighted by Gasteiger charge is 2.21. The van der Waals surface area contributed by atoms with Gasteiger partial charge in [0.2, 0.25) is 0 Å². The van der Waals surface area contributed by atoms with Crippen LogP contribution in [0.15, 0.2) is 18.2 Å². The first-order valence-electron chi connectivity index (χ1n) is 7.03. The van der Waals surface area contributed by atoms with Crippen molar-refractivity contribution < 1.29 is 9.13 Å². The zero-order valence-corrected chi connectivity index (χ0v) is 11.7. The lowest BCUT2D eigenvalue weighted by Crippen LogP contribution is -2.33. The molecule has 0 radical (unpaired) electrons. The molecule has 4 heteroatoms. The van der Waals surface area contributed by atoms with E-state index in [-0.39, 0.29) is 18.0 Å². The summed E-state index contributed by atoms with van der Waals surface area (Å²) in [4.78, 5) is 2.23. The van der Waals surface area contributed by atoms with Gasteiger partial charge in [0.15, 0.2) is 0 Å². The number of nitrogens with two attached hydrogens (primary N) is 1. The number of halogens is 1. The first kappa shape index (κ1) is 14.3. The topological polar surface area (TPSA) is 38.5 Å². The van der Waals surface area contributed by atoms with Crippen LogP contribution in [0.2, 0.25) is 0 Å². The molecule has 0 amide bonds. The average molecular weight is 266 g/mol. The van der Waals surface area contributed by atoms with E-state index in [1.807, 2.05) is 13.0 Å². The number of hydrogen-bond acceptors (Lipinski definition) is 3. The van der Waals surface area contributed by atoms with Crippen LogP contribution in [-0.4, -0.2) is 25.8 Å². The summed E-state index contributed by atoms with van der Waals surface area (Å²) in [5, 5.41) is 0. The van der Waals surface area contributed by atoms with Crippen LogP contribution in [0.25, 0.3) is 0 Å². The standard InChI is InChI=1S/C15H23FN2O/c1-3-18(10-13-5-4-8-19-13)15-7-6-12(16)9-14(15)11(2)17/h6-7,9,11,13H,3-5,8,10,17H2,1-2H3/t11-,13?/m1/s1. The van der Waals surface area contributed by atoms with Gasteiger partial charge in [-0.15, -0.1) is 0 Å². The fourth-order valence-corrected chi connectivity index (χ4v) is 2.61. The molecule has 3 nitrogen and oxygen atoms in total. The van der Waals surface area contributed by atoms with Gasteiger partial charge in [-0.05, 0) is 50.5 Å². The van der Waals surface area contributed by atoms with Gasteiger partial charge in [-0.2, -0.15) is 0 Å². The summed E-state index contributed by atoms with van der Waals surface area (Å²) < 4.78 is 19.1. The van der Waals surface area contributed by atoms with Crippen LogP contribution in [0.4, 0.5) is 10.1 Å². The van der Waals surface area contributed by atoms with Crippen molar-refractivity contribution in [1.29, 1.82) is 0 Å². The number of anilines is 1. The first-order valence-corrected chi connectivity index (χ1v) is 7.03. The van der Waals surface area contributed by atoms with Crippen LogP contribution in [0.5, 0.6) is 0 Å². The predicted octanol–water partition coefficient (Wildman–Crippen LogP) is 2.85. The molecule has 0 aliphatic carbocycles. The molecule has 2 atom stereocenters. The minimum atomic E-state index is -0.232. The smallest absolute Gasteiger partial charge is 0.123 e. The van der Waals surface area contributed by atoms with E-state index in [1.165, 1.54) is 12.1 Å². The summed E-state index contributed by atoms with van der Waals surface area (Å²) >= 11 is 0. The number of hydrogen-bond donors (Lipinski definition) is 1. The summed E-state index contributed by atoms with van der Waals surface area (Å²) in [6.45, 7) is 6.56. The Labute approximate surface area is 114 Å². The lowest BCUT2D eigenvalue weighted by atomic mass is 10.0. The SMILES string of the molecule is CCN(CC1CCCO1)c1ccc(F)cc1[C@@H](C)N. The van der Waals surface area contributed by atoms with Gasteiger partial charge in [0.25, 0.3) is 0 Å². The van der Waals surface area contributed by atoms with Gasteiger partial charge in [-0.3, -0.25) is 0 Å². The minimum absolute atomic E-state index is 0.177. The summed E-state index contributed by atoms with van der Waals surface area (Å²) in [6.07, 6.45) is 2.52. The van der Waals surface area contributed by atoms with Gasteiger partial charge >= 0.3 is 0 Å². The van der Waals surface area contributed by atoms with E-state index < -0.39 is 0 Å². The Hall–Kier alpha value is -1.13. The second-order valence-corrected chi connectivity index (χ2v) is 5.17. The Kier molecular flexibility index (Phi) is 4.77. The molecular weight excluding hydrogens is 243 g/mol. The van der Waals surface area contributed by atoms with Gasteiger partial charge in [0.1, 0.15) is 5.82 Å².